The van der Waals surface area contributed by atoms with Crippen molar-refractivity contribution in [2.45, 2.75) is 6.42 Å². The van der Waals surface area contributed by atoms with Gasteiger partial charge in [0.2, 0.25) is 11.8 Å². The SMILES string of the molecule is Cl.Cl.O=C(Nc1ccc(Oc2ncc(Cl)cc2Cl)cc1)C1CCNC1. The molecule has 3 rings (SSSR count). The lowest BCUT2D eigenvalue weighted by Gasteiger charge is -2.11. The van der Waals surface area contributed by atoms with Gasteiger partial charge in [0.15, 0.2) is 0 Å². The maximum absolute atomic E-state index is 12.0. The van der Waals surface area contributed by atoms with Crippen molar-refractivity contribution in [2.24, 2.45) is 5.92 Å². The lowest BCUT2D eigenvalue weighted by molar-refractivity contribution is -0.119. The van der Waals surface area contributed by atoms with Gasteiger partial charge in [0.05, 0.1) is 10.9 Å². The monoisotopic (exact) mass is 423 g/mol. The number of halogens is 4. The van der Waals surface area contributed by atoms with Crippen LogP contribution in [-0.2, 0) is 4.79 Å². The Kier molecular flexibility index (Phi) is 8.76. The third kappa shape index (κ3) is 5.90. The molecule has 2 N–H and O–H groups in total. The first kappa shape index (κ1) is 21.8. The molecule has 0 aliphatic carbocycles. The largest absolute Gasteiger partial charge is 0.438 e. The number of hydrogen-bond donors (Lipinski definition) is 2. The first-order chi connectivity index (χ1) is 11.1. The Hall–Kier alpha value is -1.24. The number of pyridine rings is 1. The number of amides is 1. The topological polar surface area (TPSA) is 63.2 Å². The molecule has 1 aliphatic heterocycles. The van der Waals surface area contributed by atoms with Crippen molar-refractivity contribution in [2.75, 3.05) is 18.4 Å². The van der Waals surface area contributed by atoms with E-state index in [4.69, 9.17) is 27.9 Å². The third-order valence-electron chi connectivity index (χ3n) is 3.54. The standard InChI is InChI=1S/C16H15Cl2N3O2.2ClH/c17-11-7-14(18)16(20-9-11)23-13-3-1-12(2-4-13)21-15(22)10-5-6-19-8-10;;/h1-4,7,9-10,19H,5-6,8H2,(H,21,22);2*1H. The fourth-order valence-electron chi connectivity index (χ4n) is 2.32. The van der Waals surface area contributed by atoms with Crippen molar-refractivity contribution in [1.82, 2.24) is 10.3 Å². The maximum Gasteiger partial charge on any atom is 0.238 e. The molecule has 1 aromatic carbocycles. The molecule has 0 bridgehead atoms. The maximum atomic E-state index is 12.0. The molecule has 0 spiro atoms. The highest BCUT2D eigenvalue weighted by Crippen LogP contribution is 2.29. The van der Waals surface area contributed by atoms with Crippen molar-refractivity contribution in [3.8, 4) is 11.6 Å². The molecule has 5 nitrogen and oxygen atoms in total. The second-order valence-corrected chi connectivity index (χ2v) is 6.09. The molecular weight excluding hydrogens is 408 g/mol. The fraction of sp³-hybridized carbons (Fsp3) is 0.250. The highest BCUT2D eigenvalue weighted by Gasteiger charge is 2.22. The second kappa shape index (κ2) is 10.0. The molecule has 25 heavy (non-hydrogen) atoms. The molecule has 1 amide bonds. The summed E-state index contributed by atoms with van der Waals surface area (Å²) in [6.45, 7) is 1.62. The van der Waals surface area contributed by atoms with Crippen LogP contribution in [0.3, 0.4) is 0 Å². The van der Waals surface area contributed by atoms with Crippen molar-refractivity contribution >= 4 is 59.6 Å². The Balaban J connectivity index is 0.00000156. The van der Waals surface area contributed by atoms with Crippen LogP contribution in [0.25, 0.3) is 0 Å². The van der Waals surface area contributed by atoms with Gasteiger partial charge in [0, 0.05) is 18.4 Å². The lowest BCUT2D eigenvalue weighted by Crippen LogP contribution is -2.24. The Morgan fingerprint density at radius 3 is 2.56 bits per heavy atom. The predicted molar refractivity (Wildman–Crippen MR) is 105 cm³/mol. The van der Waals surface area contributed by atoms with Crippen LogP contribution in [0.5, 0.6) is 11.6 Å². The molecule has 1 atom stereocenters. The average Bonchev–Trinajstić information content (AvgIpc) is 3.06. The first-order valence-corrected chi connectivity index (χ1v) is 7.98. The van der Waals surface area contributed by atoms with Crippen LogP contribution >= 0.6 is 48.0 Å². The Labute approximate surface area is 168 Å². The number of aromatic nitrogens is 1. The summed E-state index contributed by atoms with van der Waals surface area (Å²) in [5, 5.41) is 6.86. The number of ether oxygens (including phenoxy) is 1. The number of nitrogens with one attached hydrogen (secondary N) is 2. The van der Waals surface area contributed by atoms with Crippen molar-refractivity contribution in [3.63, 3.8) is 0 Å². The molecular formula is C16H17Cl4N3O2. The molecule has 1 unspecified atom stereocenters. The molecule has 1 fully saturated rings. The van der Waals surface area contributed by atoms with Gasteiger partial charge in [-0.05, 0) is 43.3 Å². The van der Waals surface area contributed by atoms with Gasteiger partial charge in [0.1, 0.15) is 10.8 Å². The molecule has 2 aromatic rings. The summed E-state index contributed by atoms with van der Waals surface area (Å²) in [6, 6.07) is 8.61. The minimum absolute atomic E-state index is 0. The second-order valence-electron chi connectivity index (χ2n) is 5.25. The zero-order valence-electron chi connectivity index (χ0n) is 13.0. The summed E-state index contributed by atoms with van der Waals surface area (Å²) < 4.78 is 5.60. The zero-order valence-corrected chi connectivity index (χ0v) is 16.1. The van der Waals surface area contributed by atoms with Crippen molar-refractivity contribution in [1.29, 1.82) is 0 Å². The van der Waals surface area contributed by atoms with Gasteiger partial charge in [-0.1, -0.05) is 23.2 Å². The van der Waals surface area contributed by atoms with E-state index in [1.165, 1.54) is 6.20 Å². The van der Waals surface area contributed by atoms with E-state index in [1.54, 1.807) is 30.3 Å². The van der Waals surface area contributed by atoms with Gasteiger partial charge in [-0.2, -0.15) is 0 Å². The van der Waals surface area contributed by atoms with E-state index in [0.717, 1.165) is 25.2 Å². The number of nitrogens with zero attached hydrogens (tertiary/aromatic N) is 1. The number of benzene rings is 1. The van der Waals surface area contributed by atoms with Gasteiger partial charge in [0.25, 0.3) is 0 Å². The van der Waals surface area contributed by atoms with Gasteiger partial charge >= 0.3 is 0 Å². The van der Waals surface area contributed by atoms with E-state index < -0.39 is 0 Å². The summed E-state index contributed by atoms with van der Waals surface area (Å²) in [4.78, 5) is 16.1. The van der Waals surface area contributed by atoms with Crippen LogP contribution < -0.4 is 15.4 Å². The number of rotatable bonds is 4. The molecule has 1 saturated heterocycles. The quantitative estimate of drug-likeness (QED) is 0.754. The van der Waals surface area contributed by atoms with Gasteiger partial charge < -0.3 is 15.4 Å². The minimum atomic E-state index is 0. The molecule has 0 saturated carbocycles. The van der Waals surface area contributed by atoms with Crippen LogP contribution in [0.4, 0.5) is 5.69 Å². The van der Waals surface area contributed by atoms with Crippen LogP contribution in [0.15, 0.2) is 36.5 Å². The lowest BCUT2D eigenvalue weighted by atomic mass is 10.1. The molecule has 9 heteroatoms. The van der Waals surface area contributed by atoms with Crippen LogP contribution in [0.2, 0.25) is 10.0 Å². The summed E-state index contributed by atoms with van der Waals surface area (Å²) in [5.41, 5.74) is 0.726. The predicted octanol–water partition coefficient (Wildman–Crippen LogP) is 4.57. The fourth-order valence-corrected chi connectivity index (χ4v) is 2.74. The van der Waals surface area contributed by atoms with Gasteiger partial charge in [-0.25, -0.2) is 4.98 Å². The summed E-state index contributed by atoms with van der Waals surface area (Å²) in [5.74, 6) is 0.918. The summed E-state index contributed by atoms with van der Waals surface area (Å²) >= 11 is 11.8. The zero-order chi connectivity index (χ0) is 16.2. The van der Waals surface area contributed by atoms with E-state index in [2.05, 4.69) is 15.6 Å². The Bertz CT molecular complexity index is 707. The van der Waals surface area contributed by atoms with Gasteiger partial charge in [-0.3, -0.25) is 4.79 Å². The van der Waals surface area contributed by atoms with Crippen LogP contribution in [0, 0.1) is 5.92 Å². The van der Waals surface area contributed by atoms with E-state index in [-0.39, 0.29) is 42.5 Å². The van der Waals surface area contributed by atoms with Crippen molar-refractivity contribution < 1.29 is 9.53 Å². The summed E-state index contributed by atoms with van der Waals surface area (Å²) in [7, 11) is 0. The van der Waals surface area contributed by atoms with E-state index >= 15 is 0 Å². The van der Waals surface area contributed by atoms with Crippen LogP contribution in [-0.4, -0.2) is 24.0 Å². The van der Waals surface area contributed by atoms with Gasteiger partial charge in [-0.15, -0.1) is 24.8 Å². The van der Waals surface area contributed by atoms with Crippen LogP contribution in [0.1, 0.15) is 6.42 Å². The molecule has 1 aliphatic rings. The molecule has 0 radical (unpaired) electrons. The van der Waals surface area contributed by atoms with E-state index in [9.17, 15) is 4.79 Å². The minimum Gasteiger partial charge on any atom is -0.438 e. The summed E-state index contributed by atoms with van der Waals surface area (Å²) in [6.07, 6.45) is 2.33. The smallest absolute Gasteiger partial charge is 0.238 e. The number of anilines is 1. The number of carbonyl (C=O) groups is 1. The molecule has 1 aromatic heterocycles. The third-order valence-corrected chi connectivity index (χ3v) is 4.02. The molecule has 2 heterocycles. The van der Waals surface area contributed by atoms with E-state index in [0.29, 0.717) is 15.8 Å². The number of hydrogen-bond acceptors (Lipinski definition) is 4. The normalized spacial score (nSPS) is 15.7. The Morgan fingerprint density at radius 1 is 1.24 bits per heavy atom. The molecule has 136 valence electrons. The first-order valence-electron chi connectivity index (χ1n) is 7.22. The highest BCUT2D eigenvalue weighted by molar-refractivity contribution is 6.35. The number of carbonyl (C=O) groups excluding carboxylic acids is 1. The highest BCUT2D eigenvalue weighted by atomic mass is 35.5. The Morgan fingerprint density at radius 2 is 1.96 bits per heavy atom. The van der Waals surface area contributed by atoms with E-state index in [1.807, 2.05) is 0 Å². The average molecular weight is 425 g/mol. The van der Waals surface area contributed by atoms with Crippen molar-refractivity contribution in [3.05, 3.63) is 46.6 Å².